The third-order valence-electron chi connectivity index (χ3n) is 8.21. The number of morpholine rings is 1. The Labute approximate surface area is 231 Å². The predicted molar refractivity (Wildman–Crippen MR) is 144 cm³/mol. The fraction of sp³-hybridized carbons (Fsp3) is 0.577. The van der Waals surface area contributed by atoms with Crippen molar-refractivity contribution in [1.82, 2.24) is 9.21 Å². The van der Waals surface area contributed by atoms with E-state index in [1.54, 1.807) is 12.2 Å². The van der Waals surface area contributed by atoms with E-state index in [4.69, 9.17) is 17.0 Å². The minimum atomic E-state index is -4.84. The van der Waals surface area contributed by atoms with Gasteiger partial charge in [-0.15, -0.1) is 0 Å². The Morgan fingerprint density at radius 2 is 1.87 bits per heavy atom. The van der Waals surface area contributed by atoms with Crippen LogP contribution >= 0.6 is 12.2 Å². The first-order chi connectivity index (χ1) is 18.3. The monoisotopic (exact) mass is 587 g/mol. The van der Waals surface area contributed by atoms with E-state index in [0.717, 1.165) is 0 Å². The number of hydrogen-bond donors (Lipinski definition) is 2. The minimum Gasteiger partial charge on any atom is -0.391 e. The zero-order chi connectivity index (χ0) is 28.2. The van der Waals surface area contributed by atoms with Crippen molar-refractivity contribution in [2.45, 2.75) is 55.8 Å². The minimum absolute atomic E-state index is 0.00407. The molecule has 5 rings (SSSR count). The van der Waals surface area contributed by atoms with Gasteiger partial charge in [0.1, 0.15) is 0 Å². The van der Waals surface area contributed by atoms with Crippen molar-refractivity contribution >= 4 is 32.8 Å². The fourth-order valence-electron chi connectivity index (χ4n) is 5.86. The zero-order valence-corrected chi connectivity index (χ0v) is 23.1. The van der Waals surface area contributed by atoms with Gasteiger partial charge in [0.25, 0.3) is 0 Å². The number of rotatable bonds is 6. The van der Waals surface area contributed by atoms with Crippen molar-refractivity contribution in [3.05, 3.63) is 53.0 Å². The van der Waals surface area contributed by atoms with Crippen LogP contribution in [0.4, 0.5) is 18.9 Å². The van der Waals surface area contributed by atoms with Crippen molar-refractivity contribution in [1.29, 1.82) is 0 Å². The van der Waals surface area contributed by atoms with E-state index in [-0.39, 0.29) is 41.7 Å². The molecule has 0 spiro atoms. The highest BCUT2D eigenvalue weighted by atomic mass is 32.2. The number of thiocarbonyl (C=S) groups is 1. The molecule has 4 aliphatic rings. The van der Waals surface area contributed by atoms with E-state index in [1.165, 1.54) is 34.6 Å². The highest BCUT2D eigenvalue weighted by Crippen LogP contribution is 2.39. The van der Waals surface area contributed by atoms with Gasteiger partial charge in [-0.1, -0.05) is 36.5 Å². The van der Waals surface area contributed by atoms with Crippen LogP contribution in [0.3, 0.4) is 0 Å². The van der Waals surface area contributed by atoms with Gasteiger partial charge < -0.3 is 19.8 Å². The second kappa shape index (κ2) is 10.5. The average molecular weight is 588 g/mol. The Morgan fingerprint density at radius 1 is 1.15 bits per heavy atom. The Balaban J connectivity index is 1.43. The van der Waals surface area contributed by atoms with Gasteiger partial charge in [-0.2, -0.15) is 17.5 Å². The molecule has 39 heavy (non-hydrogen) atoms. The van der Waals surface area contributed by atoms with Crippen LogP contribution < -0.4 is 4.90 Å². The topological polar surface area (TPSA) is 93.6 Å². The Hall–Kier alpha value is -1.87. The normalized spacial score (nSPS) is 30.4. The van der Waals surface area contributed by atoms with E-state index in [0.29, 0.717) is 56.6 Å². The molecule has 1 aromatic rings. The number of sulfonamides is 1. The molecule has 3 aliphatic heterocycles. The number of nitrogens with zero attached hydrogens (tertiary/aromatic N) is 3. The molecule has 2 N–H and O–H groups in total. The van der Waals surface area contributed by atoms with Crippen LogP contribution in [-0.4, -0.2) is 102 Å². The molecule has 4 unspecified atom stereocenters. The molecule has 1 aliphatic carbocycles. The van der Waals surface area contributed by atoms with Crippen LogP contribution in [0.2, 0.25) is 0 Å². The van der Waals surface area contributed by atoms with Gasteiger partial charge in [-0.3, -0.25) is 4.90 Å². The van der Waals surface area contributed by atoms with Crippen LogP contribution in [0.15, 0.2) is 47.4 Å². The molecule has 0 amide bonds. The van der Waals surface area contributed by atoms with Gasteiger partial charge in [-0.05, 0) is 37.1 Å². The van der Waals surface area contributed by atoms with Crippen LogP contribution in [0, 0.1) is 0 Å². The van der Waals surface area contributed by atoms with Crippen molar-refractivity contribution in [3.8, 4) is 0 Å². The van der Waals surface area contributed by atoms with Crippen molar-refractivity contribution in [2.24, 2.45) is 0 Å². The third kappa shape index (κ3) is 5.30. The third-order valence-corrected chi connectivity index (χ3v) is 10.7. The number of halogens is 3. The molecule has 0 radical (unpaired) electrons. The summed E-state index contributed by atoms with van der Waals surface area (Å²) < 4.78 is 74.3. The Morgan fingerprint density at radius 3 is 2.51 bits per heavy atom. The molecule has 2 bridgehead atoms. The van der Waals surface area contributed by atoms with Crippen LogP contribution in [-0.2, 0) is 20.4 Å². The highest BCUT2D eigenvalue weighted by Gasteiger charge is 2.51. The Kier molecular flexibility index (Phi) is 7.72. The van der Waals surface area contributed by atoms with Crippen molar-refractivity contribution in [2.75, 3.05) is 44.3 Å². The molecule has 3 fully saturated rings. The number of benzene rings is 1. The lowest BCUT2D eigenvalue weighted by Gasteiger charge is -2.46. The van der Waals surface area contributed by atoms with Gasteiger partial charge in [0.15, 0.2) is 5.60 Å². The number of piperazine rings is 1. The Bertz CT molecular complexity index is 1270. The second-order valence-corrected chi connectivity index (χ2v) is 13.1. The lowest BCUT2D eigenvalue weighted by atomic mass is 9.95. The molecule has 13 heteroatoms. The number of allylic oxidation sites excluding steroid dienone is 4. The number of aliphatic hydroxyl groups is 2. The summed E-state index contributed by atoms with van der Waals surface area (Å²) in [5.41, 5.74) is -2.66. The standard InChI is InChI=1S/C26H32F3N3O5S2/c1-25(34,26(27,28)29)17-6-8-18(9-7-17)31-11-10-30(39(35,36)24-5-3-2-4-23(24)38)13-20(31)14-32-19-12-22(33)21(32)16-37-15-19/h2-3,5-9,19-22,33-34H,4,10-16H2,1H3/t19?,20-,21?,22?,25?/m1/s1. The SMILES string of the molecule is CC(O)(c1ccc(N2CCN(S(=O)(=O)C3=CC=CCC3=S)C[C@@H]2CN2C3COCC2C(O)C3)cc1)C(F)(F)F. The summed E-state index contributed by atoms with van der Waals surface area (Å²) in [6.07, 6.45) is 0.571. The van der Waals surface area contributed by atoms with E-state index in [2.05, 4.69) is 4.90 Å². The molecule has 214 valence electrons. The van der Waals surface area contributed by atoms with Gasteiger partial charge >= 0.3 is 6.18 Å². The molecular weight excluding hydrogens is 555 g/mol. The van der Waals surface area contributed by atoms with E-state index < -0.39 is 27.9 Å². The number of anilines is 1. The second-order valence-electron chi connectivity index (χ2n) is 10.7. The molecule has 3 saturated heterocycles. The number of hydrogen-bond acceptors (Lipinski definition) is 8. The molecular formula is C26H32F3N3O5S2. The summed E-state index contributed by atoms with van der Waals surface area (Å²) in [6, 6.07) is 4.99. The fourth-order valence-corrected chi connectivity index (χ4v) is 7.93. The van der Waals surface area contributed by atoms with Gasteiger partial charge in [0.05, 0.1) is 36.3 Å². The summed E-state index contributed by atoms with van der Waals surface area (Å²) in [5, 5.41) is 20.6. The maximum absolute atomic E-state index is 13.6. The number of alkyl halides is 3. The van der Waals surface area contributed by atoms with Gasteiger partial charge in [0, 0.05) is 49.2 Å². The zero-order valence-electron chi connectivity index (χ0n) is 21.4. The van der Waals surface area contributed by atoms with E-state index in [1.807, 2.05) is 4.90 Å². The van der Waals surface area contributed by atoms with Crippen LogP contribution in [0.1, 0.15) is 25.3 Å². The van der Waals surface area contributed by atoms with Crippen LogP contribution in [0.5, 0.6) is 0 Å². The largest absolute Gasteiger partial charge is 0.421 e. The molecule has 8 nitrogen and oxygen atoms in total. The maximum atomic E-state index is 13.6. The van der Waals surface area contributed by atoms with Crippen LogP contribution in [0.25, 0.3) is 0 Å². The number of fused-ring (bicyclic) bond motifs is 2. The quantitative estimate of drug-likeness (QED) is 0.490. The summed E-state index contributed by atoms with van der Waals surface area (Å²) in [5.74, 6) is 0. The summed E-state index contributed by atoms with van der Waals surface area (Å²) >= 11 is 5.34. The molecule has 5 atom stereocenters. The van der Waals surface area contributed by atoms with Gasteiger partial charge in [0.2, 0.25) is 10.0 Å². The summed E-state index contributed by atoms with van der Waals surface area (Å²) in [4.78, 5) is 4.64. The van der Waals surface area contributed by atoms with Gasteiger partial charge in [-0.25, -0.2) is 8.42 Å². The summed E-state index contributed by atoms with van der Waals surface area (Å²) in [6.45, 7) is 2.61. The first-order valence-corrected chi connectivity index (χ1v) is 14.7. The molecule has 1 aromatic carbocycles. The van der Waals surface area contributed by atoms with E-state index >= 15 is 0 Å². The lowest BCUT2D eigenvalue weighted by Crippen LogP contribution is -2.61. The first kappa shape index (κ1) is 28.7. The predicted octanol–water partition coefficient (Wildman–Crippen LogP) is 2.32. The van der Waals surface area contributed by atoms with Crippen molar-refractivity contribution < 1.29 is 36.5 Å². The molecule has 0 saturated carbocycles. The highest BCUT2D eigenvalue weighted by molar-refractivity contribution is 7.96. The first-order valence-electron chi connectivity index (χ1n) is 12.9. The number of ether oxygens (including phenoxy) is 1. The number of aliphatic hydroxyl groups excluding tert-OH is 1. The summed E-state index contributed by atoms with van der Waals surface area (Å²) in [7, 11) is -3.85. The maximum Gasteiger partial charge on any atom is 0.421 e. The van der Waals surface area contributed by atoms with E-state index in [9.17, 15) is 31.8 Å². The average Bonchev–Trinajstić information content (AvgIpc) is 3.04. The smallest absolute Gasteiger partial charge is 0.391 e. The lowest BCUT2D eigenvalue weighted by molar-refractivity contribution is -0.258. The molecule has 3 heterocycles. The molecule has 0 aromatic heterocycles. The van der Waals surface area contributed by atoms with Crippen molar-refractivity contribution in [3.63, 3.8) is 0 Å².